The van der Waals surface area contributed by atoms with Gasteiger partial charge in [0.25, 0.3) is 0 Å². The summed E-state index contributed by atoms with van der Waals surface area (Å²) in [5, 5.41) is 0.434. The van der Waals surface area contributed by atoms with Gasteiger partial charge in [-0.05, 0) is 57.0 Å². The fraction of sp³-hybridized carbons (Fsp3) is 0.353. The molecule has 3 rings (SSSR count). The number of hydrogen-bond acceptors (Lipinski definition) is 3. The Morgan fingerprint density at radius 3 is 2.33 bits per heavy atom. The second kappa shape index (κ2) is 5.94. The predicted molar refractivity (Wildman–Crippen MR) is 86.4 cm³/mol. The minimum atomic E-state index is 0.434. The van der Waals surface area contributed by atoms with Crippen LogP contribution in [0.2, 0.25) is 5.15 Å². The molecule has 3 nitrogen and oxygen atoms in total. The molecule has 2 aromatic rings. The van der Waals surface area contributed by atoms with E-state index >= 15 is 0 Å². The summed E-state index contributed by atoms with van der Waals surface area (Å²) in [6.07, 6.45) is 2.51. The summed E-state index contributed by atoms with van der Waals surface area (Å²) in [6, 6.07) is 14.7. The summed E-state index contributed by atoms with van der Waals surface area (Å²) in [4.78, 5) is 6.60. The van der Waals surface area contributed by atoms with Crippen LogP contribution in [-0.4, -0.2) is 17.1 Å². The molecule has 0 radical (unpaired) electrons. The van der Waals surface area contributed by atoms with Crippen molar-refractivity contribution in [2.75, 3.05) is 4.90 Å². The molecule has 0 spiro atoms. The van der Waals surface area contributed by atoms with Crippen LogP contribution in [0.1, 0.15) is 26.7 Å². The molecule has 0 saturated carbocycles. The van der Waals surface area contributed by atoms with Crippen molar-refractivity contribution in [3.05, 3.63) is 47.6 Å². The first-order valence-electron chi connectivity index (χ1n) is 7.32. The zero-order chi connectivity index (χ0) is 14.8. The van der Waals surface area contributed by atoms with Gasteiger partial charge in [-0.3, -0.25) is 0 Å². The Bertz CT molecular complexity index is 604. The number of benzene rings is 1. The van der Waals surface area contributed by atoms with Crippen LogP contribution in [0, 0.1) is 0 Å². The van der Waals surface area contributed by atoms with E-state index in [2.05, 4.69) is 35.9 Å². The fourth-order valence-electron chi connectivity index (χ4n) is 2.96. The monoisotopic (exact) mass is 302 g/mol. The molecule has 2 unspecified atom stereocenters. The zero-order valence-corrected chi connectivity index (χ0v) is 13.0. The van der Waals surface area contributed by atoms with E-state index in [1.54, 1.807) is 12.1 Å². The summed E-state index contributed by atoms with van der Waals surface area (Å²) in [7, 11) is 0. The predicted octanol–water partition coefficient (Wildman–Crippen LogP) is 4.90. The number of aromatic nitrogens is 1. The molecule has 1 aromatic carbocycles. The number of anilines is 1. The lowest BCUT2D eigenvalue weighted by atomic mass is 10.2. The molecule has 1 aliphatic rings. The molecule has 1 aromatic heterocycles. The highest BCUT2D eigenvalue weighted by Gasteiger charge is 2.27. The van der Waals surface area contributed by atoms with E-state index in [1.165, 1.54) is 18.5 Å². The van der Waals surface area contributed by atoms with Crippen molar-refractivity contribution in [2.24, 2.45) is 0 Å². The van der Waals surface area contributed by atoms with Gasteiger partial charge in [0.2, 0.25) is 5.88 Å². The van der Waals surface area contributed by atoms with E-state index in [4.69, 9.17) is 16.3 Å². The van der Waals surface area contributed by atoms with Crippen LogP contribution in [0.4, 0.5) is 5.69 Å². The van der Waals surface area contributed by atoms with Crippen molar-refractivity contribution in [1.29, 1.82) is 0 Å². The third-order valence-corrected chi connectivity index (χ3v) is 4.21. The van der Waals surface area contributed by atoms with Gasteiger partial charge in [0.05, 0.1) is 0 Å². The number of pyridine rings is 1. The van der Waals surface area contributed by atoms with E-state index in [-0.39, 0.29) is 0 Å². The van der Waals surface area contributed by atoms with Crippen molar-refractivity contribution in [3.63, 3.8) is 0 Å². The zero-order valence-electron chi connectivity index (χ0n) is 12.3. The molecule has 0 N–H and O–H groups in total. The molecular weight excluding hydrogens is 284 g/mol. The van der Waals surface area contributed by atoms with E-state index in [0.717, 1.165) is 5.75 Å². The number of hydrogen-bond donors (Lipinski definition) is 0. The van der Waals surface area contributed by atoms with Crippen LogP contribution in [0.5, 0.6) is 11.6 Å². The highest BCUT2D eigenvalue weighted by Crippen LogP contribution is 2.32. The Hall–Kier alpha value is -1.74. The van der Waals surface area contributed by atoms with E-state index < -0.39 is 0 Å². The Balaban J connectivity index is 1.75. The van der Waals surface area contributed by atoms with E-state index in [1.807, 2.05) is 18.2 Å². The standard InChI is InChI=1S/C17H19ClN2O/c1-12-6-7-13(2)20(12)14-8-10-15(11-9-14)21-17-5-3-4-16(18)19-17/h3-5,8-13H,6-7H2,1-2H3. The molecular formula is C17H19ClN2O. The minimum Gasteiger partial charge on any atom is -0.439 e. The number of ether oxygens (including phenoxy) is 1. The highest BCUT2D eigenvalue weighted by atomic mass is 35.5. The van der Waals surface area contributed by atoms with Gasteiger partial charge in [-0.1, -0.05) is 17.7 Å². The number of nitrogens with zero attached hydrogens (tertiary/aromatic N) is 2. The summed E-state index contributed by atoms with van der Waals surface area (Å²) in [6.45, 7) is 4.56. The molecule has 0 bridgehead atoms. The van der Waals surface area contributed by atoms with Crippen LogP contribution >= 0.6 is 11.6 Å². The minimum absolute atomic E-state index is 0.434. The first kappa shape index (κ1) is 14.2. The first-order valence-corrected chi connectivity index (χ1v) is 7.70. The van der Waals surface area contributed by atoms with E-state index in [9.17, 15) is 0 Å². The van der Waals surface area contributed by atoms with Gasteiger partial charge in [-0.25, -0.2) is 4.98 Å². The third-order valence-electron chi connectivity index (χ3n) is 4.00. The molecule has 21 heavy (non-hydrogen) atoms. The summed E-state index contributed by atoms with van der Waals surface area (Å²) >= 11 is 5.86. The van der Waals surface area contributed by atoms with Gasteiger partial charge in [-0.15, -0.1) is 0 Å². The molecule has 0 aliphatic carbocycles. The molecule has 1 fully saturated rings. The van der Waals surface area contributed by atoms with Crippen LogP contribution < -0.4 is 9.64 Å². The summed E-state index contributed by atoms with van der Waals surface area (Å²) in [5.41, 5.74) is 1.25. The van der Waals surface area contributed by atoms with Crippen LogP contribution in [0.15, 0.2) is 42.5 Å². The molecule has 1 aliphatic heterocycles. The molecule has 110 valence electrons. The molecule has 0 amide bonds. The lowest BCUT2D eigenvalue weighted by Crippen LogP contribution is -2.32. The normalized spacial score (nSPS) is 21.6. The molecule has 4 heteroatoms. The van der Waals surface area contributed by atoms with Gasteiger partial charge < -0.3 is 9.64 Å². The van der Waals surface area contributed by atoms with Gasteiger partial charge in [-0.2, -0.15) is 0 Å². The van der Waals surface area contributed by atoms with Crippen molar-refractivity contribution >= 4 is 17.3 Å². The van der Waals surface area contributed by atoms with Crippen molar-refractivity contribution in [1.82, 2.24) is 4.98 Å². The Labute approximate surface area is 130 Å². The van der Waals surface area contributed by atoms with Gasteiger partial charge >= 0.3 is 0 Å². The maximum atomic E-state index is 5.86. The molecule has 2 atom stereocenters. The summed E-state index contributed by atoms with van der Waals surface area (Å²) < 4.78 is 5.72. The lowest BCUT2D eigenvalue weighted by Gasteiger charge is -2.28. The third kappa shape index (κ3) is 3.13. The second-order valence-corrected chi connectivity index (χ2v) is 5.96. The average Bonchev–Trinajstić information content (AvgIpc) is 2.79. The van der Waals surface area contributed by atoms with Crippen LogP contribution in [-0.2, 0) is 0 Å². The topological polar surface area (TPSA) is 25.4 Å². The fourth-order valence-corrected chi connectivity index (χ4v) is 3.11. The second-order valence-electron chi connectivity index (χ2n) is 5.58. The number of halogens is 1. The Morgan fingerprint density at radius 1 is 1.05 bits per heavy atom. The average molecular weight is 303 g/mol. The highest BCUT2D eigenvalue weighted by molar-refractivity contribution is 6.29. The van der Waals surface area contributed by atoms with Crippen LogP contribution in [0.3, 0.4) is 0 Å². The lowest BCUT2D eigenvalue weighted by molar-refractivity contribution is 0.463. The van der Waals surface area contributed by atoms with Crippen LogP contribution in [0.25, 0.3) is 0 Å². The summed E-state index contributed by atoms with van der Waals surface area (Å²) in [5.74, 6) is 1.28. The molecule has 1 saturated heterocycles. The maximum Gasteiger partial charge on any atom is 0.220 e. The molecule has 2 heterocycles. The van der Waals surface area contributed by atoms with Gasteiger partial charge in [0, 0.05) is 23.8 Å². The van der Waals surface area contributed by atoms with E-state index in [0.29, 0.717) is 23.1 Å². The van der Waals surface area contributed by atoms with Gasteiger partial charge in [0.15, 0.2) is 0 Å². The first-order chi connectivity index (χ1) is 10.1. The van der Waals surface area contributed by atoms with Crippen molar-refractivity contribution in [3.8, 4) is 11.6 Å². The Kier molecular flexibility index (Phi) is 4.02. The SMILES string of the molecule is CC1CCC(C)N1c1ccc(Oc2cccc(Cl)n2)cc1. The Morgan fingerprint density at radius 2 is 1.71 bits per heavy atom. The smallest absolute Gasteiger partial charge is 0.220 e. The van der Waals surface area contributed by atoms with Gasteiger partial charge in [0.1, 0.15) is 10.9 Å². The van der Waals surface area contributed by atoms with Crippen molar-refractivity contribution < 1.29 is 4.74 Å². The van der Waals surface area contributed by atoms with Crippen molar-refractivity contribution in [2.45, 2.75) is 38.8 Å². The number of rotatable bonds is 3. The quantitative estimate of drug-likeness (QED) is 0.754. The largest absolute Gasteiger partial charge is 0.439 e. The maximum absolute atomic E-state index is 5.86.